The van der Waals surface area contributed by atoms with Crippen molar-refractivity contribution in [1.82, 2.24) is 30.8 Å². The van der Waals surface area contributed by atoms with Crippen LogP contribution in [0.3, 0.4) is 0 Å². The number of carbonyl (C=O) groups is 5. The zero-order chi connectivity index (χ0) is 39.8. The van der Waals surface area contributed by atoms with Gasteiger partial charge in [0.1, 0.15) is 40.9 Å². The number of hydrogen-bond donors (Lipinski definition) is 5. The molecular weight excluding hydrogens is 727 g/mol. The maximum Gasteiger partial charge on any atom is 0.330 e. The summed E-state index contributed by atoms with van der Waals surface area (Å²) >= 11 is 1.25. The number of fused-ring (bicyclic) bond motifs is 1. The number of carboxylic acid groups (broad SMARTS) is 1. The number of amides is 5. The number of carboxylic acids is 1. The molecule has 2 saturated carbocycles. The van der Waals surface area contributed by atoms with Gasteiger partial charge in [-0.05, 0) is 43.7 Å². The Bertz CT molecular complexity index is 2020. The number of hydrogen-bond acceptors (Lipinski definition) is 10. The zero-order valence-corrected chi connectivity index (χ0v) is 32.8. The van der Waals surface area contributed by atoms with Gasteiger partial charge in [-0.2, -0.15) is 0 Å². The van der Waals surface area contributed by atoms with Gasteiger partial charge in [0.05, 0.1) is 24.9 Å². The number of aromatic nitrogens is 2. The number of aliphatic carboxylic acids is 1. The molecule has 5 amide bonds. The number of ether oxygens (including phenoxy) is 2. The van der Waals surface area contributed by atoms with Gasteiger partial charge in [0, 0.05) is 47.7 Å². The Labute approximate surface area is 323 Å². The van der Waals surface area contributed by atoms with E-state index in [4.69, 9.17) is 14.5 Å². The van der Waals surface area contributed by atoms with Gasteiger partial charge in [-0.15, -0.1) is 17.9 Å². The van der Waals surface area contributed by atoms with Crippen LogP contribution in [0, 0.1) is 18.3 Å². The van der Waals surface area contributed by atoms with Crippen molar-refractivity contribution in [2.45, 2.75) is 103 Å². The average Bonchev–Trinajstić information content (AvgIpc) is 3.53. The summed E-state index contributed by atoms with van der Waals surface area (Å²) in [6.45, 7) is 12.5. The molecule has 6 rings (SSSR count). The molecule has 5 N–H and O–H groups in total. The van der Waals surface area contributed by atoms with Crippen molar-refractivity contribution in [3.8, 4) is 22.9 Å². The van der Waals surface area contributed by atoms with E-state index in [2.05, 4.69) is 32.8 Å². The number of aryl methyl sites for hydroxylation is 1. The minimum Gasteiger partial charge on any atom is -0.496 e. The first-order valence-corrected chi connectivity index (χ1v) is 19.4. The lowest BCUT2D eigenvalue weighted by Crippen LogP contribution is -2.60. The molecule has 2 aliphatic carbocycles. The van der Waals surface area contributed by atoms with Crippen LogP contribution in [0.5, 0.6) is 11.5 Å². The van der Waals surface area contributed by atoms with Crippen LogP contribution in [0.1, 0.15) is 71.8 Å². The molecule has 2 aromatic heterocycles. The van der Waals surface area contributed by atoms with Crippen LogP contribution < -0.4 is 30.7 Å². The summed E-state index contributed by atoms with van der Waals surface area (Å²) in [5.74, 6) is -2.01. The second-order valence-corrected chi connectivity index (χ2v) is 16.6. The van der Waals surface area contributed by atoms with Gasteiger partial charge in [0.25, 0.3) is 0 Å². The Morgan fingerprint density at radius 3 is 2.45 bits per heavy atom. The Kier molecular flexibility index (Phi) is 11.1. The molecule has 1 aliphatic heterocycles. The third-order valence-corrected chi connectivity index (χ3v) is 11.4. The van der Waals surface area contributed by atoms with Gasteiger partial charge < -0.3 is 40.7 Å². The third-order valence-electron chi connectivity index (χ3n) is 10.7. The van der Waals surface area contributed by atoms with E-state index < -0.39 is 58.9 Å². The van der Waals surface area contributed by atoms with Crippen molar-refractivity contribution in [2.24, 2.45) is 11.3 Å². The molecule has 16 heteroatoms. The number of likely N-dealkylation sites (tertiary alicyclic amines) is 1. The van der Waals surface area contributed by atoms with Crippen molar-refractivity contribution < 1.29 is 38.6 Å². The predicted molar refractivity (Wildman–Crippen MR) is 207 cm³/mol. The summed E-state index contributed by atoms with van der Waals surface area (Å²) in [5, 5.41) is 24.2. The quantitative estimate of drug-likeness (QED) is 0.160. The van der Waals surface area contributed by atoms with Gasteiger partial charge in [0.2, 0.25) is 17.7 Å². The van der Waals surface area contributed by atoms with E-state index in [1.54, 1.807) is 24.6 Å². The van der Waals surface area contributed by atoms with Gasteiger partial charge in [-0.3, -0.25) is 14.4 Å². The van der Waals surface area contributed by atoms with Crippen LogP contribution in [0.4, 0.5) is 9.93 Å². The SMILES string of the molecule is C=C[C@@H]1C[C@]1(NC(=O)[C@@H]1C[C@@H](Oc2cc(-c3csc(NC(C)=O)n3)nc3c(C)c(OC)ccc23)CN1C(=O)[C@@H](NC(=O)NC1CCCC1)C(C)(C)C)C(=O)O. The Morgan fingerprint density at radius 1 is 1.11 bits per heavy atom. The average molecular weight is 776 g/mol. The fraction of sp³-hybridized carbons (Fsp3) is 0.513. The lowest BCUT2D eigenvalue weighted by Gasteiger charge is -2.35. The standard InChI is InChI=1S/C39H49N7O8S/c1-8-22-17-39(22,35(50)51)45-33(48)28-15-24(18-46(28)34(49)32(38(4,5)6)44-36(52)41-23-11-9-10-12-23)54-30-16-26(27-19-55-37(43-27)40-21(3)47)42-31-20(2)29(53-7)14-13-25(30)31/h8,13-14,16,19,22-24,28,32H,1,9-12,15,17-18H2,2-7H3,(H,45,48)(H,50,51)(H,40,43,47)(H2,41,44,52)/t22-,24-,28+,32-,39-/m1/s1. The summed E-state index contributed by atoms with van der Waals surface area (Å²) in [6, 6.07) is 2.77. The lowest BCUT2D eigenvalue weighted by molar-refractivity contribution is -0.146. The number of benzene rings is 1. The number of anilines is 1. The fourth-order valence-electron chi connectivity index (χ4n) is 7.54. The summed E-state index contributed by atoms with van der Waals surface area (Å²) in [6.07, 6.45) is 4.76. The van der Waals surface area contributed by atoms with Crippen molar-refractivity contribution in [2.75, 3.05) is 19.0 Å². The first kappa shape index (κ1) is 39.4. The molecule has 55 heavy (non-hydrogen) atoms. The highest BCUT2D eigenvalue weighted by Gasteiger charge is 2.61. The molecule has 15 nitrogen and oxygen atoms in total. The number of pyridine rings is 1. The Hall–Kier alpha value is -5.25. The van der Waals surface area contributed by atoms with Crippen LogP contribution in [-0.4, -0.2) is 93.1 Å². The van der Waals surface area contributed by atoms with E-state index in [1.165, 1.54) is 29.2 Å². The zero-order valence-electron chi connectivity index (χ0n) is 32.0. The minimum absolute atomic E-state index is 0.0207. The van der Waals surface area contributed by atoms with E-state index in [1.807, 2.05) is 33.8 Å². The predicted octanol–water partition coefficient (Wildman–Crippen LogP) is 4.78. The number of thiazole rings is 1. The molecule has 1 saturated heterocycles. The minimum atomic E-state index is -1.52. The summed E-state index contributed by atoms with van der Waals surface area (Å²) in [5.41, 5.74) is 0.0145. The first-order chi connectivity index (χ1) is 26.0. The molecule has 294 valence electrons. The second-order valence-electron chi connectivity index (χ2n) is 15.7. The van der Waals surface area contributed by atoms with Crippen LogP contribution >= 0.6 is 11.3 Å². The maximum absolute atomic E-state index is 14.6. The fourth-order valence-corrected chi connectivity index (χ4v) is 8.29. The Morgan fingerprint density at radius 2 is 1.84 bits per heavy atom. The molecule has 3 fully saturated rings. The highest BCUT2D eigenvalue weighted by atomic mass is 32.1. The molecule has 0 bridgehead atoms. The topological polar surface area (TPSA) is 201 Å². The third kappa shape index (κ3) is 8.23. The molecule has 0 spiro atoms. The van der Waals surface area contributed by atoms with E-state index in [9.17, 15) is 29.1 Å². The van der Waals surface area contributed by atoms with Crippen LogP contribution in [-0.2, 0) is 19.2 Å². The number of nitrogens with one attached hydrogen (secondary N) is 4. The van der Waals surface area contributed by atoms with Crippen molar-refractivity contribution in [3.63, 3.8) is 0 Å². The van der Waals surface area contributed by atoms with E-state index in [-0.39, 0.29) is 31.3 Å². The number of rotatable bonds is 12. The van der Waals surface area contributed by atoms with Crippen molar-refractivity contribution in [3.05, 3.63) is 41.8 Å². The Balaban J connectivity index is 1.35. The van der Waals surface area contributed by atoms with E-state index in [0.717, 1.165) is 31.2 Å². The molecule has 3 aromatic rings. The summed E-state index contributed by atoms with van der Waals surface area (Å²) in [7, 11) is 1.57. The molecule has 5 atom stereocenters. The van der Waals surface area contributed by atoms with Crippen LogP contribution in [0.2, 0.25) is 0 Å². The monoisotopic (exact) mass is 775 g/mol. The highest BCUT2D eigenvalue weighted by molar-refractivity contribution is 7.14. The molecular formula is C39H49N7O8S. The van der Waals surface area contributed by atoms with Gasteiger partial charge in [0.15, 0.2) is 5.13 Å². The van der Waals surface area contributed by atoms with Gasteiger partial charge in [-0.25, -0.2) is 19.6 Å². The highest BCUT2D eigenvalue weighted by Crippen LogP contribution is 2.45. The molecule has 3 heterocycles. The van der Waals surface area contributed by atoms with Gasteiger partial charge in [-0.1, -0.05) is 39.7 Å². The van der Waals surface area contributed by atoms with Crippen molar-refractivity contribution in [1.29, 1.82) is 0 Å². The molecule has 1 aromatic carbocycles. The largest absolute Gasteiger partial charge is 0.496 e. The van der Waals surface area contributed by atoms with E-state index in [0.29, 0.717) is 38.9 Å². The first-order valence-electron chi connectivity index (χ1n) is 18.5. The molecule has 0 radical (unpaired) electrons. The number of methoxy groups -OCH3 is 1. The summed E-state index contributed by atoms with van der Waals surface area (Å²) < 4.78 is 12.3. The van der Waals surface area contributed by atoms with Crippen LogP contribution in [0.15, 0.2) is 36.2 Å². The number of urea groups is 1. The molecule has 0 unspecified atom stereocenters. The lowest BCUT2D eigenvalue weighted by atomic mass is 9.85. The number of carbonyl (C=O) groups excluding carboxylic acids is 4. The normalized spacial score (nSPS) is 22.8. The van der Waals surface area contributed by atoms with Gasteiger partial charge >= 0.3 is 12.0 Å². The maximum atomic E-state index is 14.6. The summed E-state index contributed by atoms with van der Waals surface area (Å²) in [4.78, 5) is 76.9. The van der Waals surface area contributed by atoms with E-state index >= 15 is 0 Å². The number of nitrogens with zero attached hydrogens (tertiary/aromatic N) is 3. The smallest absolute Gasteiger partial charge is 0.330 e. The second kappa shape index (κ2) is 15.5. The van der Waals surface area contributed by atoms with Crippen LogP contribution in [0.25, 0.3) is 22.3 Å². The van der Waals surface area contributed by atoms with Crippen molar-refractivity contribution >= 4 is 57.1 Å². The molecule has 3 aliphatic rings.